The Hall–Kier alpha value is -9.54. The zero-order valence-electron chi connectivity index (χ0n) is 40.9. The molecule has 0 amide bonds. The van der Waals surface area contributed by atoms with E-state index in [9.17, 15) is 0 Å². The van der Waals surface area contributed by atoms with Crippen molar-refractivity contribution in [3.63, 3.8) is 0 Å². The van der Waals surface area contributed by atoms with Gasteiger partial charge in [-0.1, -0.05) is 200 Å². The van der Waals surface area contributed by atoms with Gasteiger partial charge in [0.25, 0.3) is 0 Å². The van der Waals surface area contributed by atoms with Gasteiger partial charge in [-0.2, -0.15) is 0 Å². The first-order valence-corrected chi connectivity index (χ1v) is 26.5. The maximum absolute atomic E-state index is 2.44. The van der Waals surface area contributed by atoms with Crippen LogP contribution in [0.2, 0.25) is 0 Å². The number of hydrogen-bond donors (Lipinski definition) is 0. The van der Waals surface area contributed by atoms with Crippen molar-refractivity contribution in [2.45, 2.75) is 0 Å². The summed E-state index contributed by atoms with van der Waals surface area (Å²) in [6, 6.07) is 103. The summed E-state index contributed by atoms with van der Waals surface area (Å²) in [7, 11) is 0. The molecule has 3 heteroatoms. The van der Waals surface area contributed by atoms with Gasteiger partial charge in [0.2, 0.25) is 0 Å². The quantitative estimate of drug-likeness (QED) is 0.138. The number of nitrogens with zero attached hydrogens (tertiary/aromatic N) is 2. The van der Waals surface area contributed by atoms with Crippen molar-refractivity contribution in [1.29, 1.82) is 0 Å². The van der Waals surface area contributed by atoms with Crippen LogP contribution in [0, 0.1) is 0 Å². The molecule has 0 radical (unpaired) electrons. The number of rotatable bonds is 8. The van der Waals surface area contributed by atoms with Crippen molar-refractivity contribution in [3.05, 3.63) is 279 Å². The van der Waals surface area contributed by atoms with Gasteiger partial charge in [-0.25, -0.2) is 0 Å². The second-order valence-electron chi connectivity index (χ2n) is 19.6. The molecule has 2 aromatic heterocycles. The van der Waals surface area contributed by atoms with E-state index in [0.717, 1.165) is 17.1 Å². The number of fused-ring (bicyclic) bond motifs is 12. The normalized spacial score (nSPS) is 11.7. The molecular weight excluding hydrogens is 925 g/mol. The summed E-state index contributed by atoms with van der Waals surface area (Å²) in [5.74, 6) is 0. The summed E-state index contributed by atoms with van der Waals surface area (Å²) in [5.41, 5.74) is 16.5. The van der Waals surface area contributed by atoms with E-state index in [1.54, 1.807) is 0 Å². The average molecular weight is 971 g/mol. The van der Waals surface area contributed by atoms with Gasteiger partial charge in [-0.3, -0.25) is 0 Å². The van der Waals surface area contributed by atoms with Crippen LogP contribution in [0.25, 0.3) is 124 Å². The third-order valence-corrected chi connectivity index (χ3v) is 16.6. The fourth-order valence-electron chi connectivity index (χ4n) is 11.8. The highest BCUT2D eigenvalue weighted by Gasteiger charge is 2.20. The fraction of sp³-hybridized carbons (Fsp3) is 0. The van der Waals surface area contributed by atoms with E-state index >= 15 is 0 Å². The van der Waals surface area contributed by atoms with E-state index in [1.807, 2.05) is 11.3 Å². The van der Waals surface area contributed by atoms with Gasteiger partial charge in [-0.05, 0) is 156 Å². The molecule has 0 atom stereocenters. The van der Waals surface area contributed by atoms with Gasteiger partial charge in [0.1, 0.15) is 0 Å². The van der Waals surface area contributed by atoms with Crippen LogP contribution in [0.15, 0.2) is 279 Å². The Morgan fingerprint density at radius 1 is 0.253 bits per heavy atom. The molecule has 0 saturated heterocycles. The topological polar surface area (TPSA) is 8.17 Å². The predicted molar refractivity (Wildman–Crippen MR) is 323 cm³/mol. The second kappa shape index (κ2) is 17.6. The fourth-order valence-corrected chi connectivity index (χ4v) is 13.0. The monoisotopic (exact) mass is 970 g/mol. The SMILES string of the molecule is c1ccc(-c2ccc(-c3ccc4c(c3)c3cc(-c5ccc(N(c6ccc(-c7ccc8c9ccccc9c9ccccc9c8c7)cc6)c6cccc7c6sc6ccccc67)cc5)ccc3n4-c3ccccc3)cc2)cc1. The second-order valence-corrected chi connectivity index (χ2v) is 20.7. The van der Waals surface area contributed by atoms with Crippen molar-refractivity contribution in [2.24, 2.45) is 0 Å². The Labute approximate surface area is 438 Å². The van der Waals surface area contributed by atoms with Crippen molar-refractivity contribution >= 4 is 103 Å². The molecule has 0 saturated carbocycles. The first-order chi connectivity index (χ1) is 37.2. The minimum Gasteiger partial charge on any atom is -0.309 e. The number of aromatic nitrogens is 1. The summed E-state index contributed by atoms with van der Waals surface area (Å²) in [6.07, 6.45) is 0. The smallest absolute Gasteiger partial charge is 0.0640 e. The summed E-state index contributed by atoms with van der Waals surface area (Å²) in [6.45, 7) is 0. The molecule has 15 rings (SSSR count). The summed E-state index contributed by atoms with van der Waals surface area (Å²) in [5, 5.41) is 12.7. The maximum atomic E-state index is 2.44. The summed E-state index contributed by atoms with van der Waals surface area (Å²) in [4.78, 5) is 2.44. The zero-order chi connectivity index (χ0) is 49.4. The lowest BCUT2D eigenvalue weighted by Gasteiger charge is -2.26. The van der Waals surface area contributed by atoms with Gasteiger partial charge < -0.3 is 9.47 Å². The van der Waals surface area contributed by atoms with Crippen LogP contribution in [0.3, 0.4) is 0 Å². The third-order valence-electron chi connectivity index (χ3n) is 15.4. The van der Waals surface area contributed by atoms with Gasteiger partial charge in [0.15, 0.2) is 0 Å². The number of hydrogen-bond acceptors (Lipinski definition) is 2. The van der Waals surface area contributed by atoms with E-state index < -0.39 is 0 Å². The highest BCUT2D eigenvalue weighted by molar-refractivity contribution is 7.26. The standard InChI is InChI=1S/C72H46N2S/c1-3-14-47(15-4-1)48-26-28-49(29-27-48)53-35-42-68-66(45-53)67-46-54(36-43-69(67)74(68)55-16-5-2-6-17-55)51-32-39-57(40-33-51)73(70-24-13-23-64-63-22-11-12-25-71(63)75-72(64)70)56-37-30-50(31-38-56)52-34-41-62-60-20-8-7-18-58(60)59-19-9-10-21-61(59)65(62)44-52/h1-46H. The largest absolute Gasteiger partial charge is 0.309 e. The molecule has 0 fully saturated rings. The Bertz CT molecular complexity index is 4630. The molecule has 0 unspecified atom stereocenters. The third kappa shape index (κ3) is 7.23. The summed E-state index contributed by atoms with van der Waals surface area (Å²) < 4.78 is 4.97. The van der Waals surface area contributed by atoms with Crippen LogP contribution in [0.4, 0.5) is 17.1 Å². The molecule has 350 valence electrons. The van der Waals surface area contributed by atoms with Crippen LogP contribution < -0.4 is 4.90 Å². The average Bonchev–Trinajstić information content (AvgIpc) is 4.05. The van der Waals surface area contributed by atoms with Crippen LogP contribution in [0.1, 0.15) is 0 Å². The number of benzene rings is 13. The molecule has 0 aliphatic carbocycles. The number of anilines is 3. The molecule has 0 N–H and O–H groups in total. The highest BCUT2D eigenvalue weighted by atomic mass is 32.1. The van der Waals surface area contributed by atoms with E-state index in [1.165, 1.54) is 124 Å². The van der Waals surface area contributed by atoms with Gasteiger partial charge in [-0.15, -0.1) is 11.3 Å². The lowest BCUT2D eigenvalue weighted by molar-refractivity contribution is 1.18. The Morgan fingerprint density at radius 3 is 1.20 bits per heavy atom. The lowest BCUT2D eigenvalue weighted by atomic mass is 9.92. The molecule has 2 nitrogen and oxygen atoms in total. The Kier molecular flexibility index (Phi) is 10.1. The van der Waals surface area contributed by atoms with Crippen LogP contribution in [-0.4, -0.2) is 4.57 Å². The van der Waals surface area contributed by atoms with Crippen molar-refractivity contribution in [1.82, 2.24) is 4.57 Å². The van der Waals surface area contributed by atoms with Crippen LogP contribution in [0.5, 0.6) is 0 Å². The highest BCUT2D eigenvalue weighted by Crippen LogP contribution is 2.46. The molecule has 2 heterocycles. The Balaban J connectivity index is 0.830. The zero-order valence-corrected chi connectivity index (χ0v) is 41.7. The Morgan fingerprint density at radius 2 is 0.640 bits per heavy atom. The van der Waals surface area contributed by atoms with Gasteiger partial charge in [0, 0.05) is 43.3 Å². The molecule has 75 heavy (non-hydrogen) atoms. The minimum atomic E-state index is 1.10. The van der Waals surface area contributed by atoms with E-state index in [2.05, 4.69) is 289 Å². The van der Waals surface area contributed by atoms with Gasteiger partial charge in [0.05, 0.1) is 21.4 Å². The molecule has 0 aliphatic heterocycles. The van der Waals surface area contributed by atoms with Crippen molar-refractivity contribution < 1.29 is 0 Å². The molecule has 0 aliphatic rings. The van der Waals surface area contributed by atoms with E-state index in [4.69, 9.17) is 0 Å². The molecule has 0 bridgehead atoms. The van der Waals surface area contributed by atoms with Crippen LogP contribution in [-0.2, 0) is 0 Å². The van der Waals surface area contributed by atoms with E-state index in [-0.39, 0.29) is 0 Å². The minimum absolute atomic E-state index is 1.10. The van der Waals surface area contributed by atoms with Gasteiger partial charge >= 0.3 is 0 Å². The first kappa shape index (κ1) is 43.1. The maximum Gasteiger partial charge on any atom is 0.0640 e. The molecular formula is C72H46N2S. The molecule has 13 aromatic carbocycles. The lowest BCUT2D eigenvalue weighted by Crippen LogP contribution is -2.10. The predicted octanol–water partition coefficient (Wildman–Crippen LogP) is 20.7. The summed E-state index contributed by atoms with van der Waals surface area (Å²) >= 11 is 1.87. The number of thiophene rings is 1. The van der Waals surface area contributed by atoms with E-state index in [0.29, 0.717) is 0 Å². The van der Waals surface area contributed by atoms with Crippen molar-refractivity contribution in [3.8, 4) is 50.2 Å². The van der Waals surface area contributed by atoms with Crippen LogP contribution >= 0.6 is 11.3 Å². The van der Waals surface area contributed by atoms with Crippen molar-refractivity contribution in [2.75, 3.05) is 4.90 Å². The first-order valence-electron chi connectivity index (χ1n) is 25.7. The number of para-hydroxylation sites is 1. The molecule has 15 aromatic rings. The molecule has 0 spiro atoms.